The van der Waals surface area contributed by atoms with Gasteiger partial charge in [0.05, 0.1) is 25.3 Å². The molecule has 0 spiro atoms. The van der Waals surface area contributed by atoms with Crippen LogP contribution in [0.5, 0.6) is 5.75 Å². The van der Waals surface area contributed by atoms with E-state index in [4.69, 9.17) is 10.00 Å². The van der Waals surface area contributed by atoms with Crippen LogP contribution in [0.3, 0.4) is 0 Å². The smallest absolute Gasteiger partial charge is 0.344 e. The molecule has 0 saturated heterocycles. The number of rotatable bonds is 3. The van der Waals surface area contributed by atoms with E-state index in [0.717, 1.165) is 6.07 Å². The molecule has 0 bridgehead atoms. The average Bonchev–Trinajstić information content (AvgIpc) is 2.27. The molecule has 0 N–H and O–H groups in total. The molecule has 0 aliphatic heterocycles. The van der Waals surface area contributed by atoms with Crippen LogP contribution >= 0.6 is 0 Å². The van der Waals surface area contributed by atoms with Crippen molar-refractivity contribution in [2.75, 3.05) is 13.7 Å². The fourth-order valence-corrected chi connectivity index (χ4v) is 1.21. The molecule has 0 fully saturated rings. The van der Waals surface area contributed by atoms with Crippen molar-refractivity contribution in [2.45, 2.75) is 6.92 Å². The van der Waals surface area contributed by atoms with Crippen LogP contribution in [0, 0.1) is 17.1 Å². The van der Waals surface area contributed by atoms with Gasteiger partial charge >= 0.3 is 5.97 Å². The minimum atomic E-state index is -0.825. The van der Waals surface area contributed by atoms with E-state index >= 15 is 0 Å². The lowest BCUT2D eigenvalue weighted by molar-refractivity contribution is 0.0517. The van der Waals surface area contributed by atoms with Crippen LogP contribution in [-0.2, 0) is 4.74 Å². The van der Waals surface area contributed by atoms with Gasteiger partial charge in [-0.05, 0) is 19.1 Å². The molecule has 0 unspecified atom stereocenters. The number of carbonyl (C=O) groups is 1. The summed E-state index contributed by atoms with van der Waals surface area (Å²) in [6.07, 6.45) is 0. The van der Waals surface area contributed by atoms with E-state index < -0.39 is 11.8 Å². The van der Waals surface area contributed by atoms with Crippen molar-refractivity contribution in [3.8, 4) is 11.8 Å². The quantitative estimate of drug-likeness (QED) is 0.734. The zero-order chi connectivity index (χ0) is 12.1. The van der Waals surface area contributed by atoms with E-state index in [0.29, 0.717) is 0 Å². The molecule has 0 aliphatic rings. The second-order valence-electron chi connectivity index (χ2n) is 2.87. The molecule has 0 aromatic heterocycles. The Kier molecular flexibility index (Phi) is 3.84. The molecule has 1 aromatic carbocycles. The molecule has 0 heterocycles. The number of hydrogen-bond acceptors (Lipinski definition) is 4. The van der Waals surface area contributed by atoms with Gasteiger partial charge in [0.2, 0.25) is 0 Å². The molecular weight excluding hydrogens is 213 g/mol. The van der Waals surface area contributed by atoms with Gasteiger partial charge in [-0.1, -0.05) is 0 Å². The predicted molar refractivity (Wildman–Crippen MR) is 53.6 cm³/mol. The zero-order valence-corrected chi connectivity index (χ0v) is 8.91. The van der Waals surface area contributed by atoms with Crippen molar-refractivity contribution < 1.29 is 18.7 Å². The van der Waals surface area contributed by atoms with E-state index in [-0.39, 0.29) is 23.5 Å². The van der Waals surface area contributed by atoms with Crippen LogP contribution in [0.1, 0.15) is 22.8 Å². The standard InChI is InChI=1S/C11H10FNO3/c1-3-16-11(14)10-8(12)4-7(6-13)5-9(10)15-2/h4-5H,3H2,1-2H3. The normalized spacial score (nSPS) is 9.38. The predicted octanol–water partition coefficient (Wildman–Crippen LogP) is 1.88. The fraction of sp³-hybridized carbons (Fsp3) is 0.273. The first kappa shape index (κ1) is 12.0. The van der Waals surface area contributed by atoms with Crippen molar-refractivity contribution >= 4 is 5.97 Å². The minimum absolute atomic E-state index is 0.00463. The molecule has 5 heteroatoms. The summed E-state index contributed by atoms with van der Waals surface area (Å²) < 4.78 is 23.1. The summed E-state index contributed by atoms with van der Waals surface area (Å²) in [5.41, 5.74) is -0.203. The van der Waals surface area contributed by atoms with Crippen molar-refractivity contribution in [2.24, 2.45) is 0 Å². The molecule has 0 aliphatic carbocycles. The van der Waals surface area contributed by atoms with Gasteiger partial charge in [-0.15, -0.1) is 0 Å². The van der Waals surface area contributed by atoms with Crippen molar-refractivity contribution in [1.82, 2.24) is 0 Å². The number of nitriles is 1. The van der Waals surface area contributed by atoms with Crippen LogP contribution in [0.15, 0.2) is 12.1 Å². The van der Waals surface area contributed by atoms with Crippen LogP contribution in [-0.4, -0.2) is 19.7 Å². The van der Waals surface area contributed by atoms with Gasteiger partial charge < -0.3 is 9.47 Å². The summed E-state index contributed by atoms with van der Waals surface area (Å²) in [4.78, 5) is 11.4. The first-order valence-corrected chi connectivity index (χ1v) is 4.58. The van der Waals surface area contributed by atoms with E-state index in [1.165, 1.54) is 13.2 Å². The average molecular weight is 223 g/mol. The highest BCUT2D eigenvalue weighted by atomic mass is 19.1. The van der Waals surface area contributed by atoms with Gasteiger partial charge in [-0.3, -0.25) is 0 Å². The minimum Gasteiger partial charge on any atom is -0.496 e. The molecule has 4 nitrogen and oxygen atoms in total. The first-order valence-electron chi connectivity index (χ1n) is 4.58. The maximum Gasteiger partial charge on any atom is 0.344 e. The van der Waals surface area contributed by atoms with Gasteiger partial charge in [0.25, 0.3) is 0 Å². The molecule has 0 radical (unpaired) electrons. The summed E-state index contributed by atoms with van der Waals surface area (Å²) in [5, 5.41) is 8.63. The summed E-state index contributed by atoms with van der Waals surface area (Å²) >= 11 is 0. The van der Waals surface area contributed by atoms with Gasteiger partial charge in [0, 0.05) is 0 Å². The molecule has 0 saturated carbocycles. The van der Waals surface area contributed by atoms with Gasteiger partial charge in [-0.2, -0.15) is 5.26 Å². The highest BCUT2D eigenvalue weighted by Gasteiger charge is 2.20. The van der Waals surface area contributed by atoms with Crippen molar-refractivity contribution in [1.29, 1.82) is 5.26 Å². The summed E-state index contributed by atoms with van der Waals surface area (Å²) in [6.45, 7) is 1.76. The van der Waals surface area contributed by atoms with Gasteiger partial charge in [-0.25, -0.2) is 9.18 Å². The molecule has 1 rings (SSSR count). The maximum atomic E-state index is 13.5. The Morgan fingerprint density at radius 2 is 2.25 bits per heavy atom. The molecule has 84 valence electrons. The van der Waals surface area contributed by atoms with E-state index in [1.807, 2.05) is 0 Å². The Morgan fingerprint density at radius 1 is 1.56 bits per heavy atom. The lowest BCUT2D eigenvalue weighted by Gasteiger charge is -2.08. The molecule has 16 heavy (non-hydrogen) atoms. The molecule has 0 amide bonds. The highest BCUT2D eigenvalue weighted by molar-refractivity contribution is 5.93. The number of methoxy groups -OCH3 is 1. The van der Waals surface area contributed by atoms with Crippen LogP contribution in [0.4, 0.5) is 4.39 Å². The number of esters is 1. The number of nitrogens with zero attached hydrogens (tertiary/aromatic N) is 1. The third-order valence-corrected chi connectivity index (χ3v) is 1.88. The lowest BCUT2D eigenvalue weighted by Crippen LogP contribution is -2.09. The second kappa shape index (κ2) is 5.12. The van der Waals surface area contributed by atoms with Crippen LogP contribution < -0.4 is 4.74 Å². The summed E-state index contributed by atoms with van der Waals surface area (Å²) in [5.74, 6) is -1.63. The fourth-order valence-electron chi connectivity index (χ4n) is 1.21. The number of ether oxygens (including phenoxy) is 2. The number of benzene rings is 1. The van der Waals surface area contributed by atoms with E-state index in [2.05, 4.69) is 4.74 Å². The Bertz CT molecular complexity index is 451. The zero-order valence-electron chi connectivity index (χ0n) is 8.91. The number of halogens is 1. The van der Waals surface area contributed by atoms with Gasteiger partial charge in [0.1, 0.15) is 17.1 Å². The molecule has 0 atom stereocenters. The Hall–Kier alpha value is -2.09. The summed E-state index contributed by atoms with van der Waals surface area (Å²) in [7, 11) is 1.29. The molecular formula is C11H10FNO3. The Labute approximate surface area is 92.2 Å². The van der Waals surface area contributed by atoms with Crippen LogP contribution in [0.2, 0.25) is 0 Å². The van der Waals surface area contributed by atoms with Crippen molar-refractivity contribution in [3.63, 3.8) is 0 Å². The lowest BCUT2D eigenvalue weighted by atomic mass is 10.1. The van der Waals surface area contributed by atoms with E-state index in [9.17, 15) is 9.18 Å². The number of hydrogen-bond donors (Lipinski definition) is 0. The Morgan fingerprint density at radius 3 is 2.75 bits per heavy atom. The number of carbonyl (C=O) groups excluding carboxylic acids is 1. The third-order valence-electron chi connectivity index (χ3n) is 1.88. The van der Waals surface area contributed by atoms with Crippen molar-refractivity contribution in [3.05, 3.63) is 29.1 Å². The SMILES string of the molecule is CCOC(=O)c1c(F)cc(C#N)cc1OC. The van der Waals surface area contributed by atoms with Crippen LogP contribution in [0.25, 0.3) is 0 Å². The highest BCUT2D eigenvalue weighted by Crippen LogP contribution is 2.24. The van der Waals surface area contributed by atoms with E-state index in [1.54, 1.807) is 13.0 Å². The van der Waals surface area contributed by atoms with Gasteiger partial charge in [0.15, 0.2) is 0 Å². The summed E-state index contributed by atoms with van der Waals surface area (Å²) in [6, 6.07) is 4.02. The first-order chi connectivity index (χ1) is 7.63. The second-order valence-corrected chi connectivity index (χ2v) is 2.87. The monoisotopic (exact) mass is 223 g/mol. The topological polar surface area (TPSA) is 59.3 Å². The Balaban J connectivity index is 3.28. The third kappa shape index (κ3) is 2.28. The largest absolute Gasteiger partial charge is 0.496 e. The molecule has 1 aromatic rings. The maximum absolute atomic E-state index is 13.5.